The van der Waals surface area contributed by atoms with Crippen LogP contribution in [0, 0.1) is 11.7 Å². The van der Waals surface area contributed by atoms with E-state index >= 15 is 0 Å². The van der Waals surface area contributed by atoms with Crippen molar-refractivity contribution in [1.29, 1.82) is 0 Å². The topological polar surface area (TPSA) is 54.7 Å². The van der Waals surface area contributed by atoms with E-state index in [1.807, 2.05) is 48.7 Å². The monoisotopic (exact) mass is 522 g/mol. The third kappa shape index (κ3) is 5.49. The van der Waals surface area contributed by atoms with E-state index in [-0.39, 0.29) is 23.7 Å². The number of methoxy groups -OCH3 is 1. The van der Waals surface area contributed by atoms with Gasteiger partial charge in [-0.1, -0.05) is 45.9 Å². The summed E-state index contributed by atoms with van der Waals surface area (Å²) >= 11 is 1.54. The fourth-order valence-electron chi connectivity index (χ4n) is 4.61. The highest BCUT2D eigenvalue weighted by Gasteiger charge is 2.25. The summed E-state index contributed by atoms with van der Waals surface area (Å²) in [7, 11) is 1.64. The van der Waals surface area contributed by atoms with Crippen LogP contribution in [-0.4, -0.2) is 34.8 Å². The number of benzene rings is 2. The maximum absolute atomic E-state index is 14.7. The van der Waals surface area contributed by atoms with Gasteiger partial charge in [0, 0.05) is 28.7 Å². The largest absolute Gasteiger partial charge is 0.497 e. The Balaban J connectivity index is 2.04. The van der Waals surface area contributed by atoms with Crippen molar-refractivity contribution in [2.45, 2.75) is 46.9 Å². The van der Waals surface area contributed by atoms with E-state index in [0.717, 1.165) is 39.7 Å². The molecular formula is C30H35FN2O3S. The van der Waals surface area contributed by atoms with Gasteiger partial charge in [-0.25, -0.2) is 4.39 Å². The van der Waals surface area contributed by atoms with Crippen molar-refractivity contribution >= 4 is 21.6 Å². The van der Waals surface area contributed by atoms with Gasteiger partial charge in [0.25, 0.3) is 0 Å². The lowest BCUT2D eigenvalue weighted by molar-refractivity contribution is 0.125. The van der Waals surface area contributed by atoms with Gasteiger partial charge in [-0.2, -0.15) is 0 Å². The highest BCUT2D eigenvalue weighted by atomic mass is 32.1. The summed E-state index contributed by atoms with van der Waals surface area (Å²) in [6.45, 7) is 10.5. The highest BCUT2D eigenvalue weighted by molar-refractivity contribution is 7.22. The van der Waals surface area contributed by atoms with Crippen molar-refractivity contribution in [2.75, 3.05) is 20.2 Å². The number of rotatable bonds is 10. The second-order valence-corrected chi connectivity index (χ2v) is 10.6. The van der Waals surface area contributed by atoms with Crippen LogP contribution in [0.1, 0.15) is 50.5 Å². The Morgan fingerprint density at radius 2 is 1.76 bits per heavy atom. The molecule has 1 atom stereocenters. The average molecular weight is 523 g/mol. The fourth-order valence-corrected chi connectivity index (χ4v) is 5.90. The molecular weight excluding hydrogens is 487 g/mol. The van der Waals surface area contributed by atoms with Crippen molar-refractivity contribution in [1.82, 2.24) is 9.47 Å². The van der Waals surface area contributed by atoms with Crippen LogP contribution in [0.5, 0.6) is 5.75 Å². The molecule has 4 aromatic rings. The van der Waals surface area contributed by atoms with Gasteiger partial charge in [-0.05, 0) is 60.5 Å². The minimum absolute atomic E-state index is 0.141. The first-order valence-corrected chi connectivity index (χ1v) is 13.6. The number of hydrogen-bond acceptors (Lipinski definition) is 5. The van der Waals surface area contributed by atoms with E-state index in [0.29, 0.717) is 23.1 Å². The molecule has 0 radical (unpaired) electrons. The Hall–Kier alpha value is -3.00. The van der Waals surface area contributed by atoms with E-state index in [9.17, 15) is 14.3 Å². The zero-order valence-corrected chi connectivity index (χ0v) is 22.9. The van der Waals surface area contributed by atoms with Gasteiger partial charge in [-0.15, -0.1) is 11.3 Å². The number of thiophene rings is 1. The van der Waals surface area contributed by atoms with Crippen LogP contribution < -0.4 is 10.2 Å². The Bertz CT molecular complexity index is 1420. The van der Waals surface area contributed by atoms with Crippen LogP contribution in [0.3, 0.4) is 0 Å². The predicted octanol–water partition coefficient (Wildman–Crippen LogP) is 6.46. The van der Waals surface area contributed by atoms with Crippen molar-refractivity contribution < 1.29 is 14.2 Å². The minimum Gasteiger partial charge on any atom is -0.497 e. The van der Waals surface area contributed by atoms with E-state index in [2.05, 4.69) is 18.7 Å². The Morgan fingerprint density at radius 1 is 1.08 bits per heavy atom. The zero-order valence-electron chi connectivity index (χ0n) is 22.1. The van der Waals surface area contributed by atoms with Crippen molar-refractivity contribution in [3.63, 3.8) is 0 Å². The maximum Gasteiger partial charge on any atom is 0.196 e. The SMILES string of the molecule is CCN(CC)Cc1c(-c2ccc(OC)cc2)sc2c1c(=O)c(C(O)C(C)C)cn2Cc1ccccc1F. The molecule has 0 amide bonds. The molecule has 0 aliphatic carbocycles. The molecule has 2 aromatic heterocycles. The molecule has 0 saturated heterocycles. The second-order valence-electron chi connectivity index (χ2n) is 9.60. The first-order chi connectivity index (χ1) is 17.8. The standard InChI is InChI=1S/C30H35FN2O3S/c1-6-32(7-2)17-23-26-28(35)24(27(34)19(3)4)18-33(16-21-10-8-9-11-25(21)31)30(26)37-29(23)20-12-14-22(36-5)15-13-20/h8-15,18-19,27,34H,6-7,16-17H2,1-5H3. The molecule has 5 nitrogen and oxygen atoms in total. The summed E-state index contributed by atoms with van der Waals surface area (Å²) < 4.78 is 22.0. The molecule has 2 aromatic carbocycles. The Kier molecular flexibility index (Phi) is 8.47. The summed E-state index contributed by atoms with van der Waals surface area (Å²) in [4.78, 5) is 18.0. The zero-order chi connectivity index (χ0) is 26.7. The van der Waals surface area contributed by atoms with Crippen LogP contribution in [-0.2, 0) is 13.1 Å². The molecule has 196 valence electrons. The van der Waals surface area contributed by atoms with Crippen LogP contribution in [0.2, 0.25) is 0 Å². The molecule has 1 unspecified atom stereocenters. The quantitative estimate of drug-likeness (QED) is 0.260. The molecule has 0 aliphatic heterocycles. The Labute approximate surface area is 221 Å². The number of aromatic nitrogens is 1. The smallest absolute Gasteiger partial charge is 0.196 e. The number of aliphatic hydroxyl groups is 1. The van der Waals surface area contributed by atoms with Crippen LogP contribution in [0.25, 0.3) is 20.7 Å². The normalized spacial score (nSPS) is 12.6. The molecule has 0 fully saturated rings. The molecule has 0 aliphatic rings. The molecule has 1 N–H and O–H groups in total. The number of aliphatic hydroxyl groups excluding tert-OH is 1. The van der Waals surface area contributed by atoms with Crippen LogP contribution in [0.4, 0.5) is 4.39 Å². The number of halogens is 1. The molecule has 0 saturated carbocycles. The lowest BCUT2D eigenvalue weighted by atomic mass is 9.97. The average Bonchev–Trinajstić information content (AvgIpc) is 3.29. The van der Waals surface area contributed by atoms with Crippen molar-refractivity contribution in [3.05, 3.63) is 87.5 Å². The highest BCUT2D eigenvalue weighted by Crippen LogP contribution is 2.40. The molecule has 37 heavy (non-hydrogen) atoms. The summed E-state index contributed by atoms with van der Waals surface area (Å²) in [5, 5.41) is 11.6. The van der Waals surface area contributed by atoms with E-state index < -0.39 is 6.10 Å². The van der Waals surface area contributed by atoms with Crippen molar-refractivity contribution in [2.24, 2.45) is 5.92 Å². The second kappa shape index (κ2) is 11.6. The van der Waals surface area contributed by atoms with Gasteiger partial charge >= 0.3 is 0 Å². The van der Waals surface area contributed by atoms with Gasteiger partial charge in [-0.3, -0.25) is 9.69 Å². The van der Waals surface area contributed by atoms with Crippen LogP contribution >= 0.6 is 11.3 Å². The lowest BCUT2D eigenvalue weighted by Crippen LogP contribution is -2.24. The summed E-state index contributed by atoms with van der Waals surface area (Å²) in [5.41, 5.74) is 2.66. The summed E-state index contributed by atoms with van der Waals surface area (Å²) in [6.07, 6.45) is 0.798. The first-order valence-electron chi connectivity index (χ1n) is 12.8. The number of ether oxygens (including phenoxy) is 1. The van der Waals surface area contributed by atoms with E-state index in [4.69, 9.17) is 4.74 Å². The number of nitrogens with zero attached hydrogens (tertiary/aromatic N) is 2. The van der Waals surface area contributed by atoms with Gasteiger partial charge in [0.15, 0.2) is 5.43 Å². The predicted molar refractivity (Wildman–Crippen MR) is 150 cm³/mol. The van der Waals surface area contributed by atoms with Gasteiger partial charge in [0.2, 0.25) is 0 Å². The number of hydrogen-bond donors (Lipinski definition) is 1. The Morgan fingerprint density at radius 3 is 2.35 bits per heavy atom. The summed E-state index contributed by atoms with van der Waals surface area (Å²) in [6, 6.07) is 14.5. The lowest BCUT2D eigenvalue weighted by Gasteiger charge is -2.20. The summed E-state index contributed by atoms with van der Waals surface area (Å²) in [5.74, 6) is 0.324. The molecule has 2 heterocycles. The number of fused-ring (bicyclic) bond motifs is 1. The van der Waals surface area contributed by atoms with Crippen molar-refractivity contribution in [3.8, 4) is 16.2 Å². The van der Waals surface area contributed by atoms with Crippen LogP contribution in [0.15, 0.2) is 59.5 Å². The van der Waals surface area contributed by atoms with Gasteiger partial charge in [0.05, 0.1) is 25.1 Å². The minimum atomic E-state index is -0.922. The molecule has 7 heteroatoms. The maximum atomic E-state index is 14.7. The third-order valence-electron chi connectivity index (χ3n) is 6.91. The molecule has 0 spiro atoms. The third-order valence-corrected chi connectivity index (χ3v) is 8.23. The fraction of sp³-hybridized carbons (Fsp3) is 0.367. The van der Waals surface area contributed by atoms with Gasteiger partial charge in [0.1, 0.15) is 16.4 Å². The van der Waals surface area contributed by atoms with E-state index in [1.165, 1.54) is 17.4 Å². The van der Waals surface area contributed by atoms with Gasteiger partial charge < -0.3 is 14.4 Å². The molecule has 4 rings (SSSR count). The molecule has 0 bridgehead atoms. The van der Waals surface area contributed by atoms with E-state index in [1.54, 1.807) is 25.4 Å². The number of pyridine rings is 1. The first kappa shape index (κ1) is 27.0.